The van der Waals surface area contributed by atoms with Crippen molar-refractivity contribution < 1.29 is 5.11 Å². The standard InChI is InChI=1S/C22H34OS/c1-20-10-8-15(23)12-14(20)4-5-16-17-6-7-19(22(3)13-24-22)21(17,2)11-9-18(16)20/h4,15-19,23H,5-13H2,1-3H3/t15-,16+,17-,18+,19-,20+,21+,22-/m1/s1. The molecule has 0 aromatic heterocycles. The van der Waals surface area contributed by atoms with E-state index in [2.05, 4.69) is 38.6 Å². The van der Waals surface area contributed by atoms with Gasteiger partial charge in [-0.1, -0.05) is 25.5 Å². The average Bonchev–Trinajstić information content (AvgIpc) is 3.17. The smallest absolute Gasteiger partial charge is 0.0577 e. The Morgan fingerprint density at radius 1 is 1.04 bits per heavy atom. The summed E-state index contributed by atoms with van der Waals surface area (Å²) in [6.07, 6.45) is 12.9. The van der Waals surface area contributed by atoms with Gasteiger partial charge in [-0.2, -0.15) is 11.8 Å². The molecular formula is C22H34OS. The fraction of sp³-hybridized carbons (Fsp3) is 0.909. The Hall–Kier alpha value is 0.0500. The van der Waals surface area contributed by atoms with Gasteiger partial charge in [0.15, 0.2) is 0 Å². The van der Waals surface area contributed by atoms with E-state index in [1.165, 1.54) is 44.3 Å². The molecule has 0 amide bonds. The van der Waals surface area contributed by atoms with Gasteiger partial charge in [0.2, 0.25) is 0 Å². The van der Waals surface area contributed by atoms with Crippen LogP contribution in [0.15, 0.2) is 11.6 Å². The third-order valence-electron chi connectivity index (χ3n) is 9.41. The third-order valence-corrected chi connectivity index (χ3v) is 10.9. The number of hydrogen-bond acceptors (Lipinski definition) is 2. The van der Waals surface area contributed by atoms with Gasteiger partial charge in [-0.15, -0.1) is 0 Å². The monoisotopic (exact) mass is 346 g/mol. The molecule has 0 bridgehead atoms. The van der Waals surface area contributed by atoms with Crippen LogP contribution >= 0.6 is 11.8 Å². The molecule has 0 aromatic rings. The van der Waals surface area contributed by atoms with Gasteiger partial charge in [0.25, 0.3) is 0 Å². The summed E-state index contributed by atoms with van der Waals surface area (Å²) in [5.41, 5.74) is 2.63. The first-order valence-corrected chi connectivity index (χ1v) is 11.4. The van der Waals surface area contributed by atoms with Crippen LogP contribution in [0.1, 0.15) is 72.1 Å². The molecule has 1 nitrogen and oxygen atoms in total. The van der Waals surface area contributed by atoms with E-state index in [0.717, 1.165) is 36.5 Å². The van der Waals surface area contributed by atoms with Crippen molar-refractivity contribution in [2.45, 2.75) is 83.0 Å². The normalized spacial score (nSPS) is 59.2. The van der Waals surface area contributed by atoms with Crippen LogP contribution in [0.4, 0.5) is 0 Å². The fourth-order valence-corrected chi connectivity index (χ4v) is 8.98. The van der Waals surface area contributed by atoms with Crippen molar-refractivity contribution in [3.8, 4) is 0 Å². The van der Waals surface area contributed by atoms with Gasteiger partial charge >= 0.3 is 0 Å². The lowest BCUT2D eigenvalue weighted by molar-refractivity contribution is -0.0518. The number of thioether (sulfide) groups is 1. The summed E-state index contributed by atoms with van der Waals surface area (Å²) < 4.78 is 0.616. The molecule has 5 aliphatic rings. The first-order chi connectivity index (χ1) is 11.4. The average molecular weight is 347 g/mol. The lowest BCUT2D eigenvalue weighted by Gasteiger charge is -2.58. The maximum absolute atomic E-state index is 10.1. The van der Waals surface area contributed by atoms with Crippen LogP contribution in [0, 0.1) is 34.5 Å². The zero-order chi connectivity index (χ0) is 16.7. The Balaban J connectivity index is 1.47. The van der Waals surface area contributed by atoms with Crippen molar-refractivity contribution in [2.24, 2.45) is 34.5 Å². The molecule has 1 N–H and O–H groups in total. The highest BCUT2D eigenvalue weighted by Crippen LogP contribution is 2.71. The van der Waals surface area contributed by atoms with E-state index in [1.807, 2.05) is 0 Å². The SMILES string of the molecule is C[C@]12CC[C@H]3[C@@H](CC=C4C[C@H](O)CC[C@@]43C)[C@H]1CC[C@H]2[C@@]1(C)CS1. The lowest BCUT2D eigenvalue weighted by atomic mass is 9.47. The summed E-state index contributed by atoms with van der Waals surface area (Å²) in [4.78, 5) is 0. The summed E-state index contributed by atoms with van der Waals surface area (Å²) in [7, 11) is 0. The van der Waals surface area contributed by atoms with Gasteiger partial charge in [-0.25, -0.2) is 0 Å². The van der Waals surface area contributed by atoms with Crippen molar-refractivity contribution in [2.75, 3.05) is 5.75 Å². The summed E-state index contributed by atoms with van der Waals surface area (Å²) in [5, 5.41) is 10.1. The van der Waals surface area contributed by atoms with E-state index in [0.29, 0.717) is 15.6 Å². The Kier molecular flexibility index (Phi) is 3.43. The van der Waals surface area contributed by atoms with Crippen LogP contribution < -0.4 is 0 Å². The molecule has 4 aliphatic carbocycles. The first-order valence-electron chi connectivity index (χ1n) is 10.4. The minimum absolute atomic E-state index is 0.0718. The summed E-state index contributed by atoms with van der Waals surface area (Å²) >= 11 is 2.23. The van der Waals surface area contributed by atoms with E-state index in [9.17, 15) is 5.11 Å². The number of fused-ring (bicyclic) bond motifs is 5. The Bertz CT molecular complexity index is 579. The first kappa shape index (κ1) is 16.2. The molecule has 134 valence electrons. The zero-order valence-electron chi connectivity index (χ0n) is 15.7. The molecule has 5 rings (SSSR count). The molecular weight excluding hydrogens is 312 g/mol. The minimum Gasteiger partial charge on any atom is -0.393 e. The number of allylic oxidation sites excluding steroid dienone is 1. The van der Waals surface area contributed by atoms with Crippen LogP contribution in [0.2, 0.25) is 0 Å². The highest BCUT2D eigenvalue weighted by Gasteiger charge is 2.63. The number of aliphatic hydroxyl groups is 1. The van der Waals surface area contributed by atoms with E-state index >= 15 is 0 Å². The maximum atomic E-state index is 10.1. The second-order valence-electron chi connectivity index (χ2n) is 10.4. The highest BCUT2D eigenvalue weighted by molar-refractivity contribution is 8.07. The summed E-state index contributed by atoms with van der Waals surface area (Å²) in [6.45, 7) is 7.77. The molecule has 0 radical (unpaired) electrons. The predicted molar refractivity (Wildman–Crippen MR) is 102 cm³/mol. The topological polar surface area (TPSA) is 20.2 Å². The molecule has 1 aliphatic heterocycles. The maximum Gasteiger partial charge on any atom is 0.0577 e. The van der Waals surface area contributed by atoms with Crippen molar-refractivity contribution in [3.05, 3.63) is 11.6 Å². The summed E-state index contributed by atoms with van der Waals surface area (Å²) in [6, 6.07) is 0. The minimum atomic E-state index is -0.0718. The molecule has 1 heterocycles. The molecule has 4 fully saturated rings. The van der Waals surface area contributed by atoms with E-state index in [1.54, 1.807) is 5.57 Å². The van der Waals surface area contributed by atoms with Crippen LogP contribution in [-0.4, -0.2) is 21.7 Å². The van der Waals surface area contributed by atoms with Gasteiger partial charge in [0, 0.05) is 10.5 Å². The second-order valence-corrected chi connectivity index (χ2v) is 11.9. The van der Waals surface area contributed by atoms with Gasteiger partial charge in [0.1, 0.15) is 0 Å². The largest absolute Gasteiger partial charge is 0.393 e. The zero-order valence-corrected chi connectivity index (χ0v) is 16.5. The lowest BCUT2D eigenvalue weighted by Crippen LogP contribution is -2.51. The summed E-state index contributed by atoms with van der Waals surface area (Å²) in [5.74, 6) is 5.15. The predicted octanol–water partition coefficient (Wildman–Crippen LogP) is 5.43. The van der Waals surface area contributed by atoms with Crippen LogP contribution in [0.3, 0.4) is 0 Å². The fourth-order valence-electron chi connectivity index (χ4n) is 7.96. The number of hydrogen-bond donors (Lipinski definition) is 1. The van der Waals surface area contributed by atoms with E-state index in [-0.39, 0.29) is 6.10 Å². The quantitative estimate of drug-likeness (QED) is 0.504. The van der Waals surface area contributed by atoms with Crippen molar-refractivity contribution in [1.82, 2.24) is 0 Å². The number of rotatable bonds is 1. The third kappa shape index (κ3) is 2.05. The highest BCUT2D eigenvalue weighted by atomic mass is 32.2. The molecule has 0 aromatic carbocycles. The van der Waals surface area contributed by atoms with Crippen LogP contribution in [0.5, 0.6) is 0 Å². The van der Waals surface area contributed by atoms with Gasteiger partial charge in [0.05, 0.1) is 6.10 Å². The van der Waals surface area contributed by atoms with Crippen molar-refractivity contribution >= 4 is 11.8 Å². The van der Waals surface area contributed by atoms with Gasteiger partial charge in [-0.3, -0.25) is 0 Å². The molecule has 3 saturated carbocycles. The second kappa shape index (κ2) is 5.06. The molecule has 0 spiro atoms. The molecule has 24 heavy (non-hydrogen) atoms. The molecule has 0 unspecified atom stereocenters. The van der Waals surface area contributed by atoms with E-state index < -0.39 is 0 Å². The number of aliphatic hydroxyl groups excluding tert-OH is 1. The van der Waals surface area contributed by atoms with Crippen LogP contribution in [0.25, 0.3) is 0 Å². The Morgan fingerprint density at radius 3 is 2.58 bits per heavy atom. The van der Waals surface area contributed by atoms with Crippen molar-refractivity contribution in [1.29, 1.82) is 0 Å². The van der Waals surface area contributed by atoms with Gasteiger partial charge < -0.3 is 5.11 Å². The Labute approximate surface area is 152 Å². The van der Waals surface area contributed by atoms with Crippen LogP contribution in [-0.2, 0) is 0 Å². The van der Waals surface area contributed by atoms with Crippen molar-refractivity contribution in [3.63, 3.8) is 0 Å². The van der Waals surface area contributed by atoms with E-state index in [4.69, 9.17) is 0 Å². The molecule has 2 heteroatoms. The molecule has 8 atom stereocenters. The molecule has 1 saturated heterocycles. The Morgan fingerprint density at radius 2 is 1.83 bits per heavy atom. The van der Waals surface area contributed by atoms with Gasteiger partial charge in [-0.05, 0) is 92.8 Å².